The Morgan fingerprint density at radius 1 is 1.19 bits per heavy atom. The summed E-state index contributed by atoms with van der Waals surface area (Å²) >= 11 is 0. The lowest BCUT2D eigenvalue weighted by molar-refractivity contribution is 0.338. The molecule has 0 aliphatic heterocycles. The molecule has 1 aromatic rings. The molecule has 0 saturated heterocycles. The zero-order valence-electron chi connectivity index (χ0n) is 10.1. The zero-order valence-corrected chi connectivity index (χ0v) is 10.1. The summed E-state index contributed by atoms with van der Waals surface area (Å²) < 4.78 is 0. The topological polar surface area (TPSA) is 24.1 Å². The van der Waals surface area contributed by atoms with E-state index in [1.165, 1.54) is 30.4 Å². The highest BCUT2D eigenvalue weighted by Crippen LogP contribution is 2.19. The lowest BCUT2D eigenvalue weighted by Crippen LogP contribution is -2.34. The Morgan fingerprint density at radius 2 is 1.94 bits per heavy atom. The molecule has 1 saturated carbocycles. The maximum Gasteiger partial charge on any atom is 0.0210 e. The minimum Gasteiger partial charge on any atom is -0.319 e. The average molecular weight is 218 g/mol. The fourth-order valence-electron chi connectivity index (χ4n) is 2.10. The van der Waals surface area contributed by atoms with Gasteiger partial charge in [0.2, 0.25) is 0 Å². The van der Waals surface area contributed by atoms with Gasteiger partial charge < -0.3 is 10.6 Å². The molecule has 0 unspecified atom stereocenters. The highest BCUT2D eigenvalue weighted by atomic mass is 14.9. The third kappa shape index (κ3) is 3.06. The van der Waals surface area contributed by atoms with E-state index in [2.05, 4.69) is 34.9 Å². The average Bonchev–Trinajstić information content (AvgIpc) is 2.26. The Morgan fingerprint density at radius 3 is 2.56 bits per heavy atom. The van der Waals surface area contributed by atoms with Crippen LogP contribution in [0.15, 0.2) is 24.3 Å². The third-order valence-corrected chi connectivity index (χ3v) is 3.45. The predicted molar refractivity (Wildman–Crippen MR) is 68.6 cm³/mol. The predicted octanol–water partition coefficient (Wildman–Crippen LogP) is 2.09. The van der Waals surface area contributed by atoms with E-state index in [1.807, 2.05) is 7.05 Å². The van der Waals surface area contributed by atoms with Gasteiger partial charge in [-0.25, -0.2) is 0 Å². The first kappa shape index (κ1) is 11.6. The van der Waals surface area contributed by atoms with Gasteiger partial charge in [-0.2, -0.15) is 0 Å². The number of benzene rings is 1. The molecule has 0 spiro atoms. The van der Waals surface area contributed by atoms with Crippen molar-refractivity contribution in [3.8, 4) is 0 Å². The van der Waals surface area contributed by atoms with Gasteiger partial charge in [0, 0.05) is 12.6 Å². The van der Waals surface area contributed by atoms with Crippen molar-refractivity contribution in [2.24, 2.45) is 0 Å². The van der Waals surface area contributed by atoms with Gasteiger partial charge in [-0.15, -0.1) is 0 Å². The molecule has 0 bridgehead atoms. The molecule has 1 aliphatic rings. The van der Waals surface area contributed by atoms with E-state index in [-0.39, 0.29) is 0 Å². The summed E-state index contributed by atoms with van der Waals surface area (Å²) in [7, 11) is 2.01. The normalized spacial score (nSPS) is 16.1. The molecule has 0 amide bonds. The molecule has 2 heteroatoms. The maximum absolute atomic E-state index is 3.63. The second-order valence-electron chi connectivity index (χ2n) is 4.63. The molecule has 1 aliphatic carbocycles. The van der Waals surface area contributed by atoms with E-state index in [1.54, 1.807) is 0 Å². The Labute approximate surface area is 98.4 Å². The minimum atomic E-state index is 0.775. The number of hydrogen-bond acceptors (Lipinski definition) is 2. The first-order chi connectivity index (χ1) is 7.90. The van der Waals surface area contributed by atoms with Crippen LogP contribution in [0.5, 0.6) is 0 Å². The second-order valence-corrected chi connectivity index (χ2v) is 4.63. The molecule has 0 radical (unpaired) electrons. The quantitative estimate of drug-likeness (QED) is 0.764. The Bertz CT molecular complexity index is 318. The molecule has 2 rings (SSSR count). The molecule has 16 heavy (non-hydrogen) atoms. The summed E-state index contributed by atoms with van der Waals surface area (Å²) in [5, 5.41) is 6.84. The van der Waals surface area contributed by atoms with E-state index in [0.29, 0.717) is 0 Å². The molecule has 1 fully saturated rings. The summed E-state index contributed by atoms with van der Waals surface area (Å²) in [6, 6.07) is 9.54. The summed E-state index contributed by atoms with van der Waals surface area (Å²) in [5.41, 5.74) is 2.94. The van der Waals surface area contributed by atoms with Crippen LogP contribution in [0.25, 0.3) is 0 Å². The van der Waals surface area contributed by atoms with Crippen LogP contribution in [0.4, 0.5) is 0 Å². The number of hydrogen-bond donors (Lipinski definition) is 2. The molecule has 88 valence electrons. The smallest absolute Gasteiger partial charge is 0.0210 e. The number of likely N-dealkylation sites (N-methyl/N-ethyl adjacent to an activating group) is 1. The second kappa shape index (κ2) is 6.02. The van der Waals surface area contributed by atoms with Gasteiger partial charge in [0.1, 0.15) is 0 Å². The highest BCUT2D eigenvalue weighted by molar-refractivity contribution is 5.27. The SMILES string of the molecule is CNCCc1ccccc1CNC1CCC1. The zero-order chi connectivity index (χ0) is 11.2. The van der Waals surface area contributed by atoms with Crippen LogP contribution in [0.1, 0.15) is 30.4 Å². The Hall–Kier alpha value is -0.860. The molecule has 0 atom stereocenters. The summed E-state index contributed by atoms with van der Waals surface area (Å²) in [4.78, 5) is 0. The van der Waals surface area contributed by atoms with Gasteiger partial charge in [0.25, 0.3) is 0 Å². The van der Waals surface area contributed by atoms with Crippen LogP contribution < -0.4 is 10.6 Å². The number of rotatable bonds is 6. The fraction of sp³-hybridized carbons (Fsp3) is 0.571. The Kier molecular flexibility index (Phi) is 4.37. The van der Waals surface area contributed by atoms with Crippen molar-refractivity contribution in [1.82, 2.24) is 10.6 Å². The van der Waals surface area contributed by atoms with Gasteiger partial charge in [-0.05, 0) is 44.0 Å². The van der Waals surface area contributed by atoms with Crippen molar-refractivity contribution in [3.05, 3.63) is 35.4 Å². The van der Waals surface area contributed by atoms with Gasteiger partial charge in [0.15, 0.2) is 0 Å². The van der Waals surface area contributed by atoms with Gasteiger partial charge in [-0.3, -0.25) is 0 Å². The van der Waals surface area contributed by atoms with E-state index < -0.39 is 0 Å². The van der Waals surface area contributed by atoms with E-state index >= 15 is 0 Å². The monoisotopic (exact) mass is 218 g/mol. The first-order valence-electron chi connectivity index (χ1n) is 6.35. The van der Waals surface area contributed by atoms with Crippen molar-refractivity contribution in [3.63, 3.8) is 0 Å². The van der Waals surface area contributed by atoms with Crippen molar-refractivity contribution in [1.29, 1.82) is 0 Å². The van der Waals surface area contributed by atoms with Crippen molar-refractivity contribution < 1.29 is 0 Å². The third-order valence-electron chi connectivity index (χ3n) is 3.45. The molecule has 2 nitrogen and oxygen atoms in total. The van der Waals surface area contributed by atoms with Crippen molar-refractivity contribution in [2.75, 3.05) is 13.6 Å². The minimum absolute atomic E-state index is 0.775. The lowest BCUT2D eigenvalue weighted by Gasteiger charge is -2.27. The lowest BCUT2D eigenvalue weighted by atomic mass is 9.92. The first-order valence-corrected chi connectivity index (χ1v) is 6.35. The molecular weight excluding hydrogens is 196 g/mol. The van der Waals surface area contributed by atoms with Gasteiger partial charge in [-0.1, -0.05) is 30.7 Å². The molecule has 2 N–H and O–H groups in total. The maximum atomic E-state index is 3.63. The fourth-order valence-corrected chi connectivity index (χ4v) is 2.10. The van der Waals surface area contributed by atoms with Crippen LogP contribution in [0.2, 0.25) is 0 Å². The number of nitrogens with one attached hydrogen (secondary N) is 2. The van der Waals surface area contributed by atoms with Crippen LogP contribution in [0.3, 0.4) is 0 Å². The highest BCUT2D eigenvalue weighted by Gasteiger charge is 2.16. The van der Waals surface area contributed by atoms with E-state index in [9.17, 15) is 0 Å². The molecule has 1 aromatic carbocycles. The van der Waals surface area contributed by atoms with E-state index in [4.69, 9.17) is 0 Å². The van der Waals surface area contributed by atoms with Crippen LogP contribution >= 0.6 is 0 Å². The molecule has 0 heterocycles. The summed E-state index contributed by atoms with van der Waals surface area (Å²) in [6.07, 6.45) is 5.25. The van der Waals surface area contributed by atoms with Crippen LogP contribution in [-0.4, -0.2) is 19.6 Å². The van der Waals surface area contributed by atoms with Crippen molar-refractivity contribution in [2.45, 2.75) is 38.3 Å². The largest absolute Gasteiger partial charge is 0.319 e. The van der Waals surface area contributed by atoms with Gasteiger partial charge in [0.05, 0.1) is 0 Å². The molecule has 0 aromatic heterocycles. The van der Waals surface area contributed by atoms with Crippen LogP contribution in [-0.2, 0) is 13.0 Å². The van der Waals surface area contributed by atoms with Crippen LogP contribution in [0, 0.1) is 0 Å². The summed E-state index contributed by atoms with van der Waals surface area (Å²) in [5.74, 6) is 0. The molecular formula is C14H22N2. The summed E-state index contributed by atoms with van der Waals surface area (Å²) in [6.45, 7) is 2.09. The van der Waals surface area contributed by atoms with E-state index in [0.717, 1.165) is 25.6 Å². The van der Waals surface area contributed by atoms with Gasteiger partial charge >= 0.3 is 0 Å². The standard InChI is InChI=1S/C14H22N2/c1-15-10-9-12-5-2-3-6-13(12)11-16-14-7-4-8-14/h2-3,5-6,14-16H,4,7-11H2,1H3. The Balaban J connectivity index is 1.89. The van der Waals surface area contributed by atoms with Crippen molar-refractivity contribution >= 4 is 0 Å².